The van der Waals surface area contributed by atoms with Gasteiger partial charge in [-0.05, 0) is 88.3 Å². The average Bonchev–Trinajstić information content (AvgIpc) is 3.09. The van der Waals surface area contributed by atoms with E-state index in [1.54, 1.807) is 7.11 Å². The largest absolute Gasteiger partial charge is 0.497 e. The Balaban J connectivity index is 1.71. The van der Waals surface area contributed by atoms with Gasteiger partial charge in [-0.1, -0.05) is 76.8 Å². The van der Waals surface area contributed by atoms with E-state index in [-0.39, 0.29) is 17.7 Å². The number of hydrogen-bond donors (Lipinski definition) is 4. The molecule has 2 aromatic carbocycles. The second-order valence-corrected chi connectivity index (χ2v) is 12.9. The summed E-state index contributed by atoms with van der Waals surface area (Å²) in [5.74, 6) is 1.00. The smallest absolute Gasteiger partial charge is 0.263 e. The van der Waals surface area contributed by atoms with Gasteiger partial charge >= 0.3 is 0 Å². The highest BCUT2D eigenvalue weighted by molar-refractivity contribution is 5.89. The molecule has 10 nitrogen and oxygen atoms in total. The zero-order valence-electron chi connectivity index (χ0n) is 30.6. The van der Waals surface area contributed by atoms with Crippen LogP contribution in [-0.2, 0) is 20.8 Å². The number of carbonyl (C=O) groups is 3. The van der Waals surface area contributed by atoms with Crippen LogP contribution < -0.4 is 30.7 Å². The van der Waals surface area contributed by atoms with E-state index in [0.717, 1.165) is 30.8 Å². The van der Waals surface area contributed by atoms with Gasteiger partial charge in [0.1, 0.15) is 11.5 Å². The van der Waals surface area contributed by atoms with Crippen LogP contribution in [0.4, 0.5) is 5.69 Å². The van der Waals surface area contributed by atoms with E-state index in [0.29, 0.717) is 56.7 Å². The van der Waals surface area contributed by atoms with Crippen molar-refractivity contribution in [1.29, 1.82) is 0 Å². The van der Waals surface area contributed by atoms with Gasteiger partial charge in [0.25, 0.3) is 5.91 Å². The van der Waals surface area contributed by atoms with Crippen LogP contribution in [0.5, 0.6) is 11.5 Å². The highest BCUT2D eigenvalue weighted by Gasteiger charge is 2.20. The molecule has 0 aliphatic rings. The summed E-state index contributed by atoms with van der Waals surface area (Å²) >= 11 is 0. The van der Waals surface area contributed by atoms with Crippen molar-refractivity contribution in [3.8, 4) is 11.5 Å². The summed E-state index contributed by atoms with van der Waals surface area (Å²) in [6, 6.07) is 14.9. The molecule has 0 bridgehead atoms. The predicted octanol–water partition coefficient (Wildman–Crippen LogP) is 6.45. The summed E-state index contributed by atoms with van der Waals surface area (Å²) in [6.45, 7) is 4.62. The van der Waals surface area contributed by atoms with Crippen molar-refractivity contribution in [2.75, 3.05) is 52.8 Å². The Bertz CT molecular complexity index is 1170. The first-order chi connectivity index (χ1) is 23.8. The third-order valence-corrected chi connectivity index (χ3v) is 8.28. The molecule has 0 fully saturated rings. The number of hydrogen-bond acceptors (Lipinski definition) is 7. The molecule has 274 valence electrons. The van der Waals surface area contributed by atoms with Crippen LogP contribution in [0.15, 0.2) is 48.5 Å². The summed E-state index contributed by atoms with van der Waals surface area (Å²) in [5.41, 5.74) is 1.74. The molecule has 2 aromatic rings. The summed E-state index contributed by atoms with van der Waals surface area (Å²) in [5, 5.41) is 11.9. The highest BCUT2D eigenvalue weighted by Crippen LogP contribution is 2.17. The highest BCUT2D eigenvalue weighted by atomic mass is 16.5. The molecule has 10 heteroatoms. The average molecular weight is 682 g/mol. The normalized spacial score (nSPS) is 11.5. The Labute approximate surface area is 295 Å². The Morgan fingerprint density at radius 3 is 1.94 bits per heavy atom. The first-order valence-electron chi connectivity index (χ1n) is 18.4. The Hall–Kier alpha value is -3.79. The maximum Gasteiger partial charge on any atom is 0.263 e. The van der Waals surface area contributed by atoms with Crippen molar-refractivity contribution < 1.29 is 23.9 Å². The Morgan fingerprint density at radius 1 is 0.694 bits per heavy atom. The lowest BCUT2D eigenvalue weighted by atomic mass is 10.1. The number of nitrogens with one attached hydrogen (secondary N) is 4. The van der Waals surface area contributed by atoms with Crippen molar-refractivity contribution in [2.45, 2.75) is 109 Å². The first kappa shape index (κ1) is 41.4. The molecule has 0 spiro atoms. The van der Waals surface area contributed by atoms with Gasteiger partial charge < -0.3 is 35.6 Å². The number of carbonyl (C=O) groups excluding carboxylic acids is 3. The molecule has 0 aliphatic heterocycles. The van der Waals surface area contributed by atoms with Crippen LogP contribution >= 0.6 is 0 Å². The van der Waals surface area contributed by atoms with Gasteiger partial charge in [-0.2, -0.15) is 0 Å². The number of rotatable bonds is 28. The monoisotopic (exact) mass is 681 g/mol. The topological polar surface area (TPSA) is 121 Å². The quantitative estimate of drug-likeness (QED) is 0.0602. The molecule has 1 unspecified atom stereocenters. The molecular weight excluding hydrogens is 618 g/mol. The van der Waals surface area contributed by atoms with E-state index in [9.17, 15) is 14.4 Å². The minimum absolute atomic E-state index is 0.0659. The van der Waals surface area contributed by atoms with Gasteiger partial charge in [0.2, 0.25) is 11.8 Å². The molecule has 0 heterocycles. The number of nitrogens with zero attached hydrogens (tertiary/aromatic N) is 1. The molecule has 0 saturated carbocycles. The number of anilines is 1. The summed E-state index contributed by atoms with van der Waals surface area (Å²) in [6.07, 6.45) is 14.6. The number of ether oxygens (including phenoxy) is 2. The number of unbranched alkanes of at least 4 members (excludes halogenated alkanes) is 9. The van der Waals surface area contributed by atoms with Crippen molar-refractivity contribution in [1.82, 2.24) is 20.9 Å². The molecule has 4 N–H and O–H groups in total. The summed E-state index contributed by atoms with van der Waals surface area (Å²) < 4.78 is 11.1. The third-order valence-electron chi connectivity index (χ3n) is 8.28. The van der Waals surface area contributed by atoms with Crippen molar-refractivity contribution >= 4 is 23.4 Å². The first-order valence-corrected chi connectivity index (χ1v) is 18.4. The molecule has 0 radical (unpaired) electrons. The fourth-order valence-electron chi connectivity index (χ4n) is 5.35. The lowest BCUT2D eigenvalue weighted by molar-refractivity contribution is -0.128. The molecule has 49 heavy (non-hydrogen) atoms. The van der Waals surface area contributed by atoms with E-state index in [2.05, 4.69) is 28.2 Å². The van der Waals surface area contributed by atoms with Crippen molar-refractivity contribution in [2.24, 2.45) is 0 Å². The van der Waals surface area contributed by atoms with Crippen LogP contribution in [0.1, 0.15) is 102 Å². The Kier molecular flexibility index (Phi) is 22.1. The lowest BCUT2D eigenvalue weighted by Gasteiger charge is -2.21. The van der Waals surface area contributed by atoms with Gasteiger partial charge in [-0.25, -0.2) is 0 Å². The maximum absolute atomic E-state index is 13.2. The molecule has 3 amide bonds. The standard InChI is InChI=1S/C39H63N5O5/c1-5-6-7-8-9-10-11-12-13-14-28-40-36(45)18-16-31-49-35-25-21-33(22-26-35)42-38(43-37(46)17-15-30-44(2)3)39(47)41-29-27-32-19-23-34(48-4)24-20-32/h19-26,38,42H,5-18,27-31H2,1-4H3,(H,40,45)(H,41,47)(H,43,46). The van der Waals surface area contributed by atoms with Crippen LogP contribution in [0, 0.1) is 0 Å². The lowest BCUT2D eigenvalue weighted by Crippen LogP contribution is -2.51. The molecule has 0 saturated heterocycles. The molecule has 2 rings (SSSR count). The zero-order chi connectivity index (χ0) is 35.5. The molecule has 1 atom stereocenters. The SMILES string of the molecule is CCCCCCCCCCCCNC(=O)CCCOc1ccc(NC(NC(=O)CCCN(C)C)C(=O)NCCc2ccc(OC)cc2)cc1. The summed E-state index contributed by atoms with van der Waals surface area (Å²) in [7, 11) is 5.55. The summed E-state index contributed by atoms with van der Waals surface area (Å²) in [4.78, 5) is 40.1. The van der Waals surface area contributed by atoms with Gasteiger partial charge in [0, 0.05) is 31.6 Å². The zero-order valence-corrected chi connectivity index (χ0v) is 30.6. The fourth-order valence-corrected chi connectivity index (χ4v) is 5.35. The van der Waals surface area contributed by atoms with Crippen LogP contribution in [-0.4, -0.2) is 76.2 Å². The van der Waals surface area contributed by atoms with Crippen LogP contribution in [0.2, 0.25) is 0 Å². The molecular formula is C39H63N5O5. The number of methoxy groups -OCH3 is 1. The van der Waals surface area contributed by atoms with E-state index in [4.69, 9.17) is 9.47 Å². The maximum atomic E-state index is 13.2. The van der Waals surface area contributed by atoms with E-state index >= 15 is 0 Å². The van der Waals surface area contributed by atoms with Crippen LogP contribution in [0.3, 0.4) is 0 Å². The van der Waals surface area contributed by atoms with Crippen molar-refractivity contribution in [3.05, 3.63) is 54.1 Å². The van der Waals surface area contributed by atoms with Gasteiger partial charge in [-0.3, -0.25) is 14.4 Å². The number of benzene rings is 2. The molecule has 0 aliphatic carbocycles. The minimum Gasteiger partial charge on any atom is -0.497 e. The van der Waals surface area contributed by atoms with E-state index in [1.807, 2.05) is 67.5 Å². The third kappa shape index (κ3) is 20.4. The van der Waals surface area contributed by atoms with Gasteiger partial charge in [0.15, 0.2) is 6.17 Å². The van der Waals surface area contributed by atoms with Crippen LogP contribution in [0.25, 0.3) is 0 Å². The number of amides is 3. The minimum atomic E-state index is -0.937. The van der Waals surface area contributed by atoms with Gasteiger partial charge in [0.05, 0.1) is 13.7 Å². The van der Waals surface area contributed by atoms with E-state index in [1.165, 1.54) is 57.8 Å². The van der Waals surface area contributed by atoms with E-state index < -0.39 is 6.17 Å². The second kappa shape index (κ2) is 26.1. The van der Waals surface area contributed by atoms with Gasteiger partial charge in [-0.15, -0.1) is 0 Å². The Morgan fingerprint density at radius 2 is 1.31 bits per heavy atom. The predicted molar refractivity (Wildman–Crippen MR) is 199 cm³/mol. The van der Waals surface area contributed by atoms with Crippen molar-refractivity contribution in [3.63, 3.8) is 0 Å². The molecule has 0 aromatic heterocycles. The second-order valence-electron chi connectivity index (χ2n) is 12.9. The fraction of sp³-hybridized carbons (Fsp3) is 0.615.